The molecule has 2 N–H and O–H groups in total. The number of rotatable bonds is 7. The molecule has 1 amide bonds. The second-order valence-electron chi connectivity index (χ2n) is 5.83. The molecule has 2 heterocycles. The van der Waals surface area contributed by atoms with Gasteiger partial charge < -0.3 is 20.1 Å². The fraction of sp³-hybridized carbons (Fsp3) is 0.368. The van der Waals surface area contributed by atoms with E-state index < -0.39 is 0 Å². The number of amides is 1. The number of anilines is 2. The molecule has 132 valence electrons. The van der Waals surface area contributed by atoms with Gasteiger partial charge in [-0.05, 0) is 44.0 Å². The summed E-state index contributed by atoms with van der Waals surface area (Å²) in [5, 5.41) is 6.16. The molecule has 1 aliphatic rings. The molecule has 0 radical (unpaired) electrons. The number of hydrogen-bond acceptors (Lipinski definition) is 5. The van der Waals surface area contributed by atoms with Gasteiger partial charge in [-0.1, -0.05) is 12.1 Å². The Morgan fingerprint density at radius 1 is 1.36 bits per heavy atom. The first-order chi connectivity index (χ1) is 12.3. The predicted octanol–water partition coefficient (Wildman–Crippen LogP) is 3.13. The van der Waals surface area contributed by atoms with Crippen LogP contribution in [0, 0.1) is 0 Å². The lowest BCUT2D eigenvalue weighted by Crippen LogP contribution is -2.32. The Labute approximate surface area is 147 Å². The zero-order valence-corrected chi connectivity index (χ0v) is 14.3. The first kappa shape index (κ1) is 17.2. The van der Waals surface area contributed by atoms with Crippen LogP contribution in [0.25, 0.3) is 0 Å². The lowest BCUT2D eigenvalue weighted by molar-refractivity contribution is 0.0854. The highest BCUT2D eigenvalue weighted by molar-refractivity contribution is 5.93. The highest BCUT2D eigenvalue weighted by atomic mass is 16.5. The van der Waals surface area contributed by atoms with Gasteiger partial charge in [-0.3, -0.25) is 9.78 Å². The predicted molar refractivity (Wildman–Crippen MR) is 96.4 cm³/mol. The van der Waals surface area contributed by atoms with Crippen molar-refractivity contribution < 1.29 is 14.3 Å². The number of ether oxygens (including phenoxy) is 2. The highest BCUT2D eigenvalue weighted by Gasteiger charge is 2.17. The Morgan fingerprint density at radius 3 is 3.04 bits per heavy atom. The van der Waals surface area contributed by atoms with Crippen LogP contribution in [0.4, 0.5) is 11.4 Å². The molecule has 3 rings (SSSR count). The molecule has 1 saturated heterocycles. The van der Waals surface area contributed by atoms with Crippen molar-refractivity contribution in [3.63, 3.8) is 0 Å². The third-order valence-corrected chi connectivity index (χ3v) is 3.97. The van der Waals surface area contributed by atoms with E-state index in [0.29, 0.717) is 18.8 Å². The van der Waals surface area contributed by atoms with Crippen molar-refractivity contribution in [1.29, 1.82) is 0 Å². The van der Waals surface area contributed by atoms with Crippen LogP contribution in [0.5, 0.6) is 5.75 Å². The van der Waals surface area contributed by atoms with E-state index in [9.17, 15) is 4.79 Å². The van der Waals surface area contributed by atoms with Crippen molar-refractivity contribution in [1.82, 2.24) is 10.3 Å². The van der Waals surface area contributed by atoms with Gasteiger partial charge in [-0.15, -0.1) is 0 Å². The minimum absolute atomic E-state index is 0.114. The summed E-state index contributed by atoms with van der Waals surface area (Å²) >= 11 is 0. The third kappa shape index (κ3) is 4.70. The van der Waals surface area contributed by atoms with Gasteiger partial charge in [0.2, 0.25) is 0 Å². The van der Waals surface area contributed by atoms with Crippen molar-refractivity contribution in [2.45, 2.75) is 25.9 Å². The van der Waals surface area contributed by atoms with Crippen LogP contribution in [-0.4, -0.2) is 36.8 Å². The number of nitrogens with zero attached hydrogens (tertiary/aromatic N) is 1. The molecular formula is C19H23N3O3. The molecule has 1 atom stereocenters. The molecule has 6 heteroatoms. The molecule has 6 nitrogen and oxygen atoms in total. The number of carbonyl (C=O) groups is 1. The normalized spacial score (nSPS) is 16.4. The summed E-state index contributed by atoms with van der Waals surface area (Å²) in [7, 11) is 0. The molecular weight excluding hydrogens is 318 g/mol. The van der Waals surface area contributed by atoms with E-state index in [4.69, 9.17) is 9.47 Å². The number of carbonyl (C=O) groups excluding carboxylic acids is 1. The van der Waals surface area contributed by atoms with Gasteiger partial charge in [0.15, 0.2) is 0 Å². The monoisotopic (exact) mass is 341 g/mol. The molecule has 1 aromatic heterocycles. The van der Waals surface area contributed by atoms with E-state index in [2.05, 4.69) is 15.6 Å². The Hall–Kier alpha value is -2.60. The molecule has 0 spiro atoms. The van der Waals surface area contributed by atoms with E-state index in [-0.39, 0.29) is 12.0 Å². The van der Waals surface area contributed by atoms with E-state index >= 15 is 0 Å². The molecule has 2 aromatic rings. The van der Waals surface area contributed by atoms with Crippen LogP contribution < -0.4 is 15.4 Å². The highest BCUT2D eigenvalue weighted by Crippen LogP contribution is 2.27. The lowest BCUT2D eigenvalue weighted by Gasteiger charge is -2.13. The Balaban J connectivity index is 1.65. The molecule has 1 aromatic carbocycles. The molecule has 0 saturated carbocycles. The van der Waals surface area contributed by atoms with Gasteiger partial charge >= 0.3 is 0 Å². The summed E-state index contributed by atoms with van der Waals surface area (Å²) in [6.45, 7) is 3.83. The van der Waals surface area contributed by atoms with Crippen molar-refractivity contribution in [2.24, 2.45) is 0 Å². The van der Waals surface area contributed by atoms with Crippen molar-refractivity contribution in [2.75, 3.05) is 25.1 Å². The number of nitrogens with one attached hydrogen (secondary N) is 2. The molecule has 1 unspecified atom stereocenters. The van der Waals surface area contributed by atoms with Gasteiger partial charge in [0.25, 0.3) is 5.91 Å². The van der Waals surface area contributed by atoms with Crippen LogP contribution in [0.3, 0.4) is 0 Å². The maximum atomic E-state index is 12.3. The quantitative estimate of drug-likeness (QED) is 0.809. The van der Waals surface area contributed by atoms with Gasteiger partial charge in [-0.25, -0.2) is 0 Å². The summed E-state index contributed by atoms with van der Waals surface area (Å²) in [6.07, 6.45) is 3.77. The zero-order chi connectivity index (χ0) is 17.5. The fourth-order valence-corrected chi connectivity index (χ4v) is 2.74. The molecule has 1 fully saturated rings. The molecule has 0 bridgehead atoms. The van der Waals surface area contributed by atoms with Crippen LogP contribution >= 0.6 is 0 Å². The minimum atomic E-state index is -0.197. The van der Waals surface area contributed by atoms with Crippen LogP contribution in [-0.2, 0) is 4.74 Å². The Morgan fingerprint density at radius 2 is 2.24 bits per heavy atom. The fourth-order valence-electron chi connectivity index (χ4n) is 2.74. The van der Waals surface area contributed by atoms with Gasteiger partial charge in [0, 0.05) is 25.0 Å². The third-order valence-electron chi connectivity index (χ3n) is 3.97. The number of hydrogen-bond donors (Lipinski definition) is 2. The lowest BCUT2D eigenvalue weighted by atomic mass is 10.2. The van der Waals surface area contributed by atoms with Gasteiger partial charge in [0.05, 0.1) is 18.4 Å². The van der Waals surface area contributed by atoms with Crippen LogP contribution in [0.2, 0.25) is 0 Å². The number of aromatic nitrogens is 1. The summed E-state index contributed by atoms with van der Waals surface area (Å²) in [4.78, 5) is 16.5. The minimum Gasteiger partial charge on any atom is -0.492 e. The molecule has 0 aliphatic carbocycles. The van der Waals surface area contributed by atoms with Crippen molar-refractivity contribution >= 4 is 17.3 Å². The van der Waals surface area contributed by atoms with E-state index in [1.54, 1.807) is 12.3 Å². The Bertz CT molecular complexity index is 715. The smallest absolute Gasteiger partial charge is 0.270 e. The molecule has 25 heavy (non-hydrogen) atoms. The summed E-state index contributed by atoms with van der Waals surface area (Å²) < 4.78 is 11.1. The maximum Gasteiger partial charge on any atom is 0.270 e. The first-order valence-corrected chi connectivity index (χ1v) is 8.61. The average Bonchev–Trinajstić information content (AvgIpc) is 3.15. The SMILES string of the molecule is CCOc1ccccc1Nc1ccnc(C(=O)NCC2CCCO2)c1. The summed E-state index contributed by atoms with van der Waals surface area (Å²) in [5.74, 6) is 0.573. The second-order valence-corrected chi connectivity index (χ2v) is 5.83. The standard InChI is InChI=1S/C19H23N3O3/c1-2-24-18-8-4-3-7-16(18)22-14-9-10-20-17(12-14)19(23)21-13-15-6-5-11-25-15/h3-4,7-10,12,15H,2,5-6,11,13H2,1H3,(H,20,22)(H,21,23). The second kappa shape index (κ2) is 8.48. The Kier molecular flexibility index (Phi) is 5.85. The van der Waals surface area contributed by atoms with Crippen LogP contribution in [0.15, 0.2) is 42.6 Å². The van der Waals surface area contributed by atoms with Crippen molar-refractivity contribution in [3.05, 3.63) is 48.3 Å². The number of pyridine rings is 1. The van der Waals surface area contributed by atoms with Crippen molar-refractivity contribution in [3.8, 4) is 5.75 Å². The van der Waals surface area contributed by atoms with Gasteiger partial charge in [0.1, 0.15) is 11.4 Å². The van der Waals surface area contributed by atoms with Crippen LogP contribution in [0.1, 0.15) is 30.3 Å². The van der Waals surface area contributed by atoms with E-state index in [1.807, 2.05) is 37.3 Å². The zero-order valence-electron chi connectivity index (χ0n) is 14.3. The average molecular weight is 341 g/mol. The first-order valence-electron chi connectivity index (χ1n) is 8.61. The summed E-state index contributed by atoms with van der Waals surface area (Å²) in [5.41, 5.74) is 2.00. The molecule has 1 aliphatic heterocycles. The number of para-hydroxylation sites is 2. The topological polar surface area (TPSA) is 72.5 Å². The summed E-state index contributed by atoms with van der Waals surface area (Å²) in [6, 6.07) is 11.2. The van der Waals surface area contributed by atoms with E-state index in [1.165, 1.54) is 0 Å². The maximum absolute atomic E-state index is 12.3. The number of benzene rings is 1. The van der Waals surface area contributed by atoms with Gasteiger partial charge in [-0.2, -0.15) is 0 Å². The largest absolute Gasteiger partial charge is 0.492 e. The van der Waals surface area contributed by atoms with E-state index in [0.717, 1.165) is 36.6 Å².